The van der Waals surface area contributed by atoms with E-state index in [2.05, 4.69) is 0 Å². The number of anilines is 3. The molecule has 0 fully saturated rings. The minimum absolute atomic E-state index is 0.0162. The second-order valence-corrected chi connectivity index (χ2v) is 2.33. The van der Waals surface area contributed by atoms with E-state index in [-0.39, 0.29) is 22.6 Å². The number of carboxylic acid groups (broad SMARTS) is 1. The minimum atomic E-state index is -1.11. The van der Waals surface area contributed by atoms with E-state index in [9.17, 15) is 4.79 Å². The molecule has 0 aromatic heterocycles. The molecule has 1 aromatic carbocycles. The van der Waals surface area contributed by atoms with E-state index in [0.717, 1.165) is 0 Å². The zero-order valence-electron chi connectivity index (χ0n) is 6.24. The van der Waals surface area contributed by atoms with Crippen molar-refractivity contribution in [2.75, 3.05) is 17.2 Å². The summed E-state index contributed by atoms with van der Waals surface area (Å²) in [6, 6.07) is 2.73. The highest BCUT2D eigenvalue weighted by Gasteiger charge is 2.11. The van der Waals surface area contributed by atoms with Crippen LogP contribution in [0.2, 0.25) is 0 Å². The van der Waals surface area contributed by atoms with Crippen LogP contribution in [0.25, 0.3) is 0 Å². The van der Waals surface area contributed by atoms with Crippen molar-refractivity contribution in [1.82, 2.24) is 0 Å². The molecule has 0 amide bonds. The number of hydrogen-bond donors (Lipinski definition) is 4. The molecule has 5 nitrogen and oxygen atoms in total. The van der Waals surface area contributed by atoms with Crippen molar-refractivity contribution >= 4 is 23.0 Å². The first-order valence-corrected chi connectivity index (χ1v) is 3.20. The first kappa shape index (κ1) is 8.19. The van der Waals surface area contributed by atoms with Crippen molar-refractivity contribution in [2.45, 2.75) is 0 Å². The quantitative estimate of drug-likeness (QED) is 0.444. The molecule has 0 radical (unpaired) electrons. The van der Waals surface area contributed by atoms with Gasteiger partial charge in [-0.3, -0.25) is 0 Å². The Bertz CT molecular complexity index is 336. The molecular weight excluding hydrogens is 158 g/mol. The first-order chi connectivity index (χ1) is 5.54. The average molecular weight is 167 g/mol. The van der Waals surface area contributed by atoms with Gasteiger partial charge in [0.2, 0.25) is 0 Å². The van der Waals surface area contributed by atoms with Gasteiger partial charge < -0.3 is 22.3 Å². The van der Waals surface area contributed by atoms with Crippen LogP contribution >= 0.6 is 0 Å². The number of benzene rings is 1. The minimum Gasteiger partial charge on any atom is -0.478 e. The Morgan fingerprint density at radius 2 is 1.75 bits per heavy atom. The first-order valence-electron chi connectivity index (χ1n) is 3.20. The SMILES string of the molecule is Nc1ccc(C(=O)O)c(N)c1N. The van der Waals surface area contributed by atoms with E-state index in [1.54, 1.807) is 0 Å². The summed E-state index contributed by atoms with van der Waals surface area (Å²) in [4.78, 5) is 10.5. The van der Waals surface area contributed by atoms with Crippen molar-refractivity contribution in [3.8, 4) is 0 Å². The second-order valence-electron chi connectivity index (χ2n) is 2.33. The van der Waals surface area contributed by atoms with E-state index in [4.69, 9.17) is 22.3 Å². The number of aromatic carboxylic acids is 1. The third kappa shape index (κ3) is 1.12. The third-order valence-electron chi connectivity index (χ3n) is 1.55. The Morgan fingerprint density at radius 1 is 1.17 bits per heavy atom. The summed E-state index contributed by atoms with van der Waals surface area (Å²) in [5, 5.41) is 8.60. The zero-order chi connectivity index (χ0) is 9.30. The maximum atomic E-state index is 10.5. The fraction of sp³-hybridized carbons (Fsp3) is 0. The van der Waals surface area contributed by atoms with E-state index in [1.165, 1.54) is 12.1 Å². The van der Waals surface area contributed by atoms with Gasteiger partial charge in [-0.05, 0) is 12.1 Å². The maximum absolute atomic E-state index is 10.5. The summed E-state index contributed by atoms with van der Waals surface area (Å²) in [5.41, 5.74) is 16.6. The number of hydrogen-bond acceptors (Lipinski definition) is 4. The summed E-state index contributed by atoms with van der Waals surface area (Å²) < 4.78 is 0. The molecule has 1 rings (SSSR count). The predicted molar refractivity (Wildman–Crippen MR) is 46.6 cm³/mol. The number of carboxylic acids is 1. The largest absolute Gasteiger partial charge is 0.478 e. The Labute approximate surface area is 68.8 Å². The van der Waals surface area contributed by atoms with Crippen molar-refractivity contribution in [3.05, 3.63) is 17.7 Å². The van der Waals surface area contributed by atoms with Crippen molar-refractivity contribution in [3.63, 3.8) is 0 Å². The van der Waals surface area contributed by atoms with Gasteiger partial charge in [-0.15, -0.1) is 0 Å². The molecule has 12 heavy (non-hydrogen) atoms. The Morgan fingerprint density at radius 3 is 2.25 bits per heavy atom. The fourth-order valence-corrected chi connectivity index (χ4v) is 0.840. The highest BCUT2D eigenvalue weighted by Crippen LogP contribution is 2.25. The predicted octanol–water partition coefficient (Wildman–Crippen LogP) is 0.131. The normalized spacial score (nSPS) is 9.67. The van der Waals surface area contributed by atoms with E-state index >= 15 is 0 Å². The van der Waals surface area contributed by atoms with Gasteiger partial charge in [0.1, 0.15) is 0 Å². The van der Waals surface area contributed by atoms with Gasteiger partial charge in [0, 0.05) is 0 Å². The number of carbonyl (C=O) groups is 1. The molecule has 0 aliphatic rings. The molecule has 1 aromatic rings. The van der Waals surface area contributed by atoms with Crippen LogP contribution in [0, 0.1) is 0 Å². The van der Waals surface area contributed by atoms with Crippen LogP contribution in [0.3, 0.4) is 0 Å². The van der Waals surface area contributed by atoms with E-state index in [0.29, 0.717) is 0 Å². The van der Waals surface area contributed by atoms with Crippen LogP contribution in [-0.4, -0.2) is 11.1 Å². The summed E-state index contributed by atoms with van der Waals surface area (Å²) in [6.45, 7) is 0. The number of nitrogen functional groups attached to an aromatic ring is 3. The van der Waals surface area contributed by atoms with Crippen molar-refractivity contribution in [2.24, 2.45) is 0 Å². The highest BCUT2D eigenvalue weighted by atomic mass is 16.4. The topological polar surface area (TPSA) is 115 Å². The number of rotatable bonds is 1. The lowest BCUT2D eigenvalue weighted by molar-refractivity contribution is 0.0698. The van der Waals surface area contributed by atoms with E-state index in [1.807, 2.05) is 0 Å². The summed E-state index contributed by atoms with van der Waals surface area (Å²) in [6.07, 6.45) is 0. The van der Waals surface area contributed by atoms with Gasteiger partial charge in [0.15, 0.2) is 0 Å². The molecule has 0 saturated carbocycles. The lowest BCUT2D eigenvalue weighted by atomic mass is 10.1. The van der Waals surface area contributed by atoms with Crippen LogP contribution in [-0.2, 0) is 0 Å². The van der Waals surface area contributed by atoms with Crippen LogP contribution < -0.4 is 17.2 Å². The molecule has 0 bridgehead atoms. The average Bonchev–Trinajstić information content (AvgIpc) is 2.00. The Kier molecular flexibility index (Phi) is 1.78. The molecule has 64 valence electrons. The maximum Gasteiger partial charge on any atom is 0.337 e. The van der Waals surface area contributed by atoms with Gasteiger partial charge in [0.05, 0.1) is 22.6 Å². The van der Waals surface area contributed by atoms with Gasteiger partial charge >= 0.3 is 5.97 Å². The Balaban J connectivity index is 3.36. The van der Waals surface area contributed by atoms with Crippen LogP contribution in [0.15, 0.2) is 12.1 Å². The van der Waals surface area contributed by atoms with Crippen molar-refractivity contribution in [1.29, 1.82) is 0 Å². The van der Waals surface area contributed by atoms with Crippen LogP contribution in [0.5, 0.6) is 0 Å². The monoisotopic (exact) mass is 167 g/mol. The third-order valence-corrected chi connectivity index (χ3v) is 1.55. The van der Waals surface area contributed by atoms with Crippen molar-refractivity contribution < 1.29 is 9.90 Å². The molecule has 0 aliphatic carbocycles. The molecule has 7 N–H and O–H groups in total. The standard InChI is InChI=1S/C7H9N3O2/c8-4-2-1-3(7(11)12)5(9)6(4)10/h1-2H,8-10H2,(H,11,12). The highest BCUT2D eigenvalue weighted by molar-refractivity contribution is 5.99. The molecule has 0 atom stereocenters. The molecule has 0 saturated heterocycles. The molecule has 0 aliphatic heterocycles. The van der Waals surface area contributed by atoms with Gasteiger partial charge in [0.25, 0.3) is 0 Å². The Hall–Kier alpha value is -1.91. The second kappa shape index (κ2) is 2.61. The summed E-state index contributed by atoms with van der Waals surface area (Å²) >= 11 is 0. The lowest BCUT2D eigenvalue weighted by Gasteiger charge is -2.06. The smallest absolute Gasteiger partial charge is 0.337 e. The van der Waals surface area contributed by atoms with Crippen LogP contribution in [0.4, 0.5) is 17.1 Å². The molecule has 0 heterocycles. The number of nitrogens with two attached hydrogens (primary N) is 3. The van der Waals surface area contributed by atoms with Crippen LogP contribution in [0.1, 0.15) is 10.4 Å². The molecular formula is C7H9N3O2. The lowest BCUT2D eigenvalue weighted by Crippen LogP contribution is -2.07. The molecule has 0 unspecified atom stereocenters. The molecule has 5 heteroatoms. The fourth-order valence-electron chi connectivity index (χ4n) is 0.840. The molecule has 0 spiro atoms. The van der Waals surface area contributed by atoms with Gasteiger partial charge in [-0.1, -0.05) is 0 Å². The van der Waals surface area contributed by atoms with Gasteiger partial charge in [-0.2, -0.15) is 0 Å². The summed E-state index contributed by atoms with van der Waals surface area (Å²) in [5.74, 6) is -1.11. The van der Waals surface area contributed by atoms with Gasteiger partial charge in [-0.25, -0.2) is 4.79 Å². The van der Waals surface area contributed by atoms with E-state index < -0.39 is 5.97 Å². The zero-order valence-corrected chi connectivity index (χ0v) is 6.24. The summed E-state index contributed by atoms with van der Waals surface area (Å²) in [7, 11) is 0.